The quantitative estimate of drug-likeness (QED) is 0.559. The summed E-state index contributed by atoms with van der Waals surface area (Å²) in [6.45, 7) is 3.42. The van der Waals surface area contributed by atoms with Gasteiger partial charge in [-0.3, -0.25) is 4.79 Å². The van der Waals surface area contributed by atoms with E-state index < -0.39 is 38.6 Å². The average molecular weight is 432 g/mol. The fraction of sp³-hybridized carbons (Fsp3) is 0.562. The average Bonchev–Trinajstić information content (AvgIpc) is 2.57. The van der Waals surface area contributed by atoms with Crippen LogP contribution in [0.25, 0.3) is 0 Å². The maximum atomic E-state index is 13.0. The van der Waals surface area contributed by atoms with E-state index in [0.717, 1.165) is 25.0 Å². The third kappa shape index (κ3) is 7.65. The molecule has 0 bridgehead atoms. The Morgan fingerprint density at radius 1 is 1.26 bits per heavy atom. The number of hydrogen-bond acceptors (Lipinski definition) is 4. The van der Waals surface area contributed by atoms with Crippen molar-refractivity contribution in [2.75, 3.05) is 6.54 Å². The summed E-state index contributed by atoms with van der Waals surface area (Å²) in [5.41, 5.74) is 4.28. The van der Waals surface area contributed by atoms with Gasteiger partial charge in [0.25, 0.3) is 0 Å². The second kappa shape index (κ2) is 10.8. The molecular weight excluding hydrogens is 407 g/mol. The van der Waals surface area contributed by atoms with Crippen molar-refractivity contribution in [1.29, 1.82) is 0 Å². The molecule has 1 aromatic carbocycles. The van der Waals surface area contributed by atoms with Crippen molar-refractivity contribution in [3.8, 4) is 0 Å². The van der Waals surface area contributed by atoms with E-state index in [-0.39, 0.29) is 25.0 Å². The number of rotatable bonds is 9. The molecule has 0 saturated heterocycles. The van der Waals surface area contributed by atoms with E-state index in [4.69, 9.17) is 5.73 Å². The van der Waals surface area contributed by atoms with Gasteiger partial charge in [-0.15, -0.1) is 12.4 Å². The first-order valence-corrected chi connectivity index (χ1v) is 9.70. The van der Waals surface area contributed by atoms with E-state index in [1.807, 2.05) is 11.6 Å². The molecule has 0 aliphatic rings. The summed E-state index contributed by atoms with van der Waals surface area (Å²) in [6.07, 6.45) is -2.46. The molecule has 0 saturated carbocycles. The molecule has 0 aliphatic carbocycles. The van der Waals surface area contributed by atoms with Crippen molar-refractivity contribution in [3.05, 3.63) is 29.8 Å². The Kier molecular flexibility index (Phi) is 10.3. The van der Waals surface area contributed by atoms with Crippen molar-refractivity contribution < 1.29 is 26.4 Å². The lowest BCUT2D eigenvalue weighted by molar-refractivity contribution is -0.139. The van der Waals surface area contributed by atoms with Crippen molar-refractivity contribution in [2.45, 2.75) is 56.3 Å². The second-order valence-corrected chi connectivity index (χ2v) is 7.60. The summed E-state index contributed by atoms with van der Waals surface area (Å²) in [4.78, 5) is 11.2. The zero-order chi connectivity index (χ0) is 20.0. The lowest BCUT2D eigenvalue weighted by Gasteiger charge is -2.21. The van der Waals surface area contributed by atoms with Crippen LogP contribution in [0.2, 0.25) is 0 Å². The summed E-state index contributed by atoms with van der Waals surface area (Å²) in [5, 5.41) is 2.61. The summed E-state index contributed by atoms with van der Waals surface area (Å²) in [5.74, 6) is -0.649. The Bertz CT molecular complexity index is 714. The molecule has 0 aromatic heterocycles. The SMILES string of the molecule is CCCCC(CN)NC(=O)C(C)NS(=O)(=O)c1ccccc1C(F)(F)F.Cl. The third-order valence-corrected chi connectivity index (χ3v) is 5.34. The number of nitrogens with two attached hydrogens (primary N) is 1. The highest BCUT2D eigenvalue weighted by molar-refractivity contribution is 7.89. The predicted molar refractivity (Wildman–Crippen MR) is 99.0 cm³/mol. The lowest BCUT2D eigenvalue weighted by Crippen LogP contribution is -2.50. The monoisotopic (exact) mass is 431 g/mol. The van der Waals surface area contributed by atoms with Crippen LogP contribution in [0.3, 0.4) is 0 Å². The van der Waals surface area contributed by atoms with Crippen LogP contribution in [-0.4, -0.2) is 33.0 Å². The van der Waals surface area contributed by atoms with Gasteiger partial charge in [0.05, 0.1) is 16.5 Å². The fourth-order valence-electron chi connectivity index (χ4n) is 2.31. The Hall–Kier alpha value is -1.36. The molecule has 27 heavy (non-hydrogen) atoms. The van der Waals surface area contributed by atoms with Crippen LogP contribution in [0.4, 0.5) is 13.2 Å². The highest BCUT2D eigenvalue weighted by atomic mass is 35.5. The highest BCUT2D eigenvalue weighted by Gasteiger charge is 2.37. The first kappa shape index (κ1) is 25.6. The van der Waals surface area contributed by atoms with Crippen LogP contribution < -0.4 is 15.8 Å². The van der Waals surface area contributed by atoms with Gasteiger partial charge in [0.15, 0.2) is 0 Å². The van der Waals surface area contributed by atoms with Crippen molar-refractivity contribution in [3.63, 3.8) is 0 Å². The summed E-state index contributed by atoms with van der Waals surface area (Å²) in [6, 6.07) is 2.23. The maximum absolute atomic E-state index is 13.0. The molecule has 156 valence electrons. The number of alkyl halides is 3. The van der Waals surface area contributed by atoms with Gasteiger partial charge >= 0.3 is 6.18 Å². The molecule has 1 amide bonds. The zero-order valence-corrected chi connectivity index (χ0v) is 16.7. The molecule has 6 nitrogen and oxygen atoms in total. The van der Waals surface area contributed by atoms with Crippen LogP contribution in [-0.2, 0) is 21.0 Å². The van der Waals surface area contributed by atoms with E-state index in [2.05, 4.69) is 5.32 Å². The fourth-order valence-corrected chi connectivity index (χ4v) is 3.74. The smallest absolute Gasteiger partial charge is 0.351 e. The molecule has 4 N–H and O–H groups in total. The zero-order valence-electron chi connectivity index (χ0n) is 15.0. The van der Waals surface area contributed by atoms with Gasteiger partial charge in [-0.2, -0.15) is 17.9 Å². The molecule has 0 heterocycles. The minimum Gasteiger partial charge on any atom is -0.351 e. The van der Waals surface area contributed by atoms with Gasteiger partial charge in [-0.25, -0.2) is 8.42 Å². The molecule has 2 unspecified atom stereocenters. The standard InChI is InChI=1S/C16H24F3N3O3S.ClH/c1-3-4-7-12(10-20)21-15(23)11(2)22-26(24,25)14-9-6-5-8-13(14)16(17,18)19;/h5-6,8-9,11-12,22H,3-4,7,10,20H2,1-2H3,(H,21,23);1H. The topological polar surface area (TPSA) is 101 Å². The molecule has 0 radical (unpaired) electrons. The van der Waals surface area contributed by atoms with E-state index in [9.17, 15) is 26.4 Å². The Morgan fingerprint density at radius 3 is 2.37 bits per heavy atom. The van der Waals surface area contributed by atoms with E-state index in [1.165, 1.54) is 13.0 Å². The van der Waals surface area contributed by atoms with E-state index >= 15 is 0 Å². The first-order chi connectivity index (χ1) is 12.0. The first-order valence-electron chi connectivity index (χ1n) is 8.22. The molecule has 1 aromatic rings. The van der Waals surface area contributed by atoms with Crippen molar-refractivity contribution in [1.82, 2.24) is 10.0 Å². The van der Waals surface area contributed by atoms with Gasteiger partial charge in [0.1, 0.15) is 0 Å². The Labute approximate surface area is 163 Å². The van der Waals surface area contributed by atoms with E-state index in [0.29, 0.717) is 12.5 Å². The van der Waals surface area contributed by atoms with Crippen LogP contribution in [0, 0.1) is 0 Å². The van der Waals surface area contributed by atoms with Crippen LogP contribution >= 0.6 is 12.4 Å². The number of carbonyl (C=O) groups excluding carboxylic acids is 1. The number of halogens is 4. The number of hydrogen-bond donors (Lipinski definition) is 3. The Balaban J connectivity index is 0.00000676. The lowest BCUT2D eigenvalue weighted by atomic mass is 10.1. The Morgan fingerprint density at radius 2 is 1.85 bits per heavy atom. The molecule has 0 spiro atoms. The van der Waals surface area contributed by atoms with Crippen molar-refractivity contribution in [2.24, 2.45) is 5.73 Å². The van der Waals surface area contributed by atoms with Crippen LogP contribution in [0.1, 0.15) is 38.7 Å². The molecule has 0 aliphatic heterocycles. The molecular formula is C16H25ClF3N3O3S. The van der Waals surface area contributed by atoms with Gasteiger partial charge in [0, 0.05) is 12.6 Å². The second-order valence-electron chi connectivity index (χ2n) is 5.92. The highest BCUT2D eigenvalue weighted by Crippen LogP contribution is 2.33. The molecule has 0 fully saturated rings. The minimum atomic E-state index is -4.83. The molecule has 2 atom stereocenters. The molecule has 11 heteroatoms. The number of benzene rings is 1. The largest absolute Gasteiger partial charge is 0.417 e. The van der Waals surface area contributed by atoms with Crippen LogP contribution in [0.15, 0.2) is 29.2 Å². The third-order valence-electron chi connectivity index (χ3n) is 3.74. The number of amides is 1. The van der Waals surface area contributed by atoms with Gasteiger partial charge < -0.3 is 11.1 Å². The van der Waals surface area contributed by atoms with Gasteiger partial charge in [-0.05, 0) is 25.5 Å². The summed E-state index contributed by atoms with van der Waals surface area (Å²) < 4.78 is 65.7. The van der Waals surface area contributed by atoms with Gasteiger partial charge in [-0.1, -0.05) is 31.9 Å². The number of nitrogens with one attached hydrogen (secondary N) is 2. The van der Waals surface area contributed by atoms with Crippen molar-refractivity contribution >= 4 is 28.3 Å². The number of sulfonamides is 1. The van der Waals surface area contributed by atoms with Gasteiger partial charge in [0.2, 0.25) is 15.9 Å². The summed E-state index contributed by atoms with van der Waals surface area (Å²) in [7, 11) is -4.54. The number of unbranched alkanes of at least 4 members (excludes halogenated alkanes) is 1. The van der Waals surface area contributed by atoms with E-state index in [1.54, 1.807) is 0 Å². The van der Waals surface area contributed by atoms with Crippen LogP contribution in [0.5, 0.6) is 0 Å². The number of carbonyl (C=O) groups is 1. The predicted octanol–water partition coefficient (Wildman–Crippen LogP) is 2.43. The minimum absolute atomic E-state index is 0. The molecule has 1 rings (SSSR count). The normalized spacial score (nSPS) is 14.1. The maximum Gasteiger partial charge on any atom is 0.417 e. The summed E-state index contributed by atoms with van der Waals surface area (Å²) >= 11 is 0.